The van der Waals surface area contributed by atoms with Gasteiger partial charge < -0.3 is 0 Å². The molecule has 0 fully saturated rings. The first-order valence-electron chi connectivity index (χ1n) is 5.96. The summed E-state index contributed by atoms with van der Waals surface area (Å²) in [6, 6.07) is 2.04. The van der Waals surface area contributed by atoms with Crippen molar-refractivity contribution >= 4 is 57.7 Å². The first-order chi connectivity index (χ1) is 7.21. The van der Waals surface area contributed by atoms with Crippen LogP contribution < -0.4 is 0 Å². The van der Waals surface area contributed by atoms with Crippen molar-refractivity contribution in [3.05, 3.63) is 0 Å². The molecule has 0 aliphatic carbocycles. The van der Waals surface area contributed by atoms with E-state index in [0.717, 1.165) is 12.1 Å². The third-order valence-electron chi connectivity index (χ3n) is 2.48. The highest BCUT2D eigenvalue weighted by Gasteiger charge is 2.20. The molecule has 0 N–H and O–H groups in total. The number of halogens is 4. The summed E-state index contributed by atoms with van der Waals surface area (Å²) in [7, 11) is 0. The van der Waals surface area contributed by atoms with Crippen LogP contribution in [0, 0.1) is 0 Å². The van der Waals surface area contributed by atoms with Crippen LogP contribution in [0.5, 0.6) is 0 Å². The van der Waals surface area contributed by atoms with Crippen molar-refractivity contribution in [2.45, 2.75) is 63.7 Å². The van der Waals surface area contributed by atoms with Crippen molar-refractivity contribution in [1.29, 1.82) is 0 Å². The van der Waals surface area contributed by atoms with Gasteiger partial charge in [-0.05, 0) is 25.2 Å². The van der Waals surface area contributed by atoms with Gasteiger partial charge in [0.1, 0.15) is 0 Å². The van der Waals surface area contributed by atoms with Gasteiger partial charge in [0.05, 0.1) is 0 Å². The van der Waals surface area contributed by atoms with E-state index in [2.05, 4.69) is 0 Å². The van der Waals surface area contributed by atoms with Crippen molar-refractivity contribution in [3.63, 3.8) is 0 Å². The van der Waals surface area contributed by atoms with Gasteiger partial charge in [0.2, 0.25) is 13.4 Å². The number of hydrogen-bond acceptors (Lipinski definition) is 0. The molecule has 0 aliphatic heterocycles. The van der Waals surface area contributed by atoms with E-state index in [0.29, 0.717) is 0 Å². The molecule has 16 heavy (non-hydrogen) atoms. The maximum absolute atomic E-state index is 6.03. The molecule has 0 aromatic rings. The topological polar surface area (TPSA) is 0 Å². The summed E-state index contributed by atoms with van der Waals surface area (Å²) < 4.78 is 0. The molecule has 0 heterocycles. The molecule has 0 unspecified atom stereocenters. The fourth-order valence-corrected chi connectivity index (χ4v) is 4.92. The van der Waals surface area contributed by atoms with E-state index in [-0.39, 0.29) is 0 Å². The van der Waals surface area contributed by atoms with Gasteiger partial charge in [0, 0.05) is 0 Å². The maximum atomic E-state index is 6.03. The molecule has 0 amide bonds. The normalized spacial score (nSPS) is 13.1. The molecule has 0 aromatic heterocycles. The third kappa shape index (κ3) is 15.6. The lowest BCUT2D eigenvalue weighted by Gasteiger charge is -2.10. The molecule has 0 atom stereocenters. The smallest absolute Gasteiger partial charge is 0.146 e. The van der Waals surface area contributed by atoms with Gasteiger partial charge >= 0.3 is 0 Å². The Bertz CT molecular complexity index is 155. The molecular formula is C10H22Cl4Si2. The molecule has 98 valence electrons. The quantitative estimate of drug-likeness (QED) is 0.258. The Labute approximate surface area is 121 Å². The highest BCUT2D eigenvalue weighted by atomic mass is 35.7. The molecule has 0 rings (SSSR count). The molecule has 0 nitrogen and oxygen atoms in total. The van der Waals surface area contributed by atoms with Crippen LogP contribution in [0.3, 0.4) is 0 Å². The monoisotopic (exact) mass is 338 g/mol. The van der Waals surface area contributed by atoms with Crippen molar-refractivity contribution in [1.82, 2.24) is 0 Å². The van der Waals surface area contributed by atoms with Gasteiger partial charge in [-0.25, -0.2) is 0 Å². The minimum atomic E-state index is -1.84. The van der Waals surface area contributed by atoms with Crippen molar-refractivity contribution < 1.29 is 0 Å². The minimum absolute atomic E-state index is 1.02. The Morgan fingerprint density at radius 1 is 0.562 bits per heavy atom. The molecular weight excluding hydrogens is 318 g/mol. The van der Waals surface area contributed by atoms with Crippen molar-refractivity contribution in [3.8, 4) is 0 Å². The summed E-state index contributed by atoms with van der Waals surface area (Å²) in [6.07, 6.45) is 7.40. The summed E-state index contributed by atoms with van der Waals surface area (Å²) in [6.45, 7) is 0.293. The average Bonchev–Trinajstić information content (AvgIpc) is 2.06. The second-order valence-corrected chi connectivity index (χ2v) is 21.2. The van der Waals surface area contributed by atoms with Crippen molar-refractivity contribution in [2.75, 3.05) is 0 Å². The number of hydrogen-bond donors (Lipinski definition) is 0. The summed E-state index contributed by atoms with van der Waals surface area (Å²) in [5.74, 6) is 0. The zero-order valence-corrected chi connectivity index (χ0v) is 15.2. The van der Waals surface area contributed by atoms with Gasteiger partial charge in [-0.3, -0.25) is 0 Å². The van der Waals surface area contributed by atoms with Crippen LogP contribution in [0.2, 0.25) is 25.2 Å². The van der Waals surface area contributed by atoms with Crippen LogP contribution in [-0.2, 0) is 0 Å². The fourth-order valence-electron chi connectivity index (χ4n) is 1.58. The van der Waals surface area contributed by atoms with Crippen LogP contribution in [-0.4, -0.2) is 13.4 Å². The highest BCUT2D eigenvalue weighted by Crippen LogP contribution is 2.25. The summed E-state index contributed by atoms with van der Waals surface area (Å²) in [5, 5.41) is 0. The predicted molar refractivity (Wildman–Crippen MR) is 84.0 cm³/mol. The van der Waals surface area contributed by atoms with Crippen LogP contribution in [0.4, 0.5) is 0 Å². The predicted octanol–water partition coefficient (Wildman–Crippen LogP) is 6.43. The van der Waals surface area contributed by atoms with Crippen LogP contribution in [0.25, 0.3) is 0 Å². The Morgan fingerprint density at radius 3 is 1.06 bits per heavy atom. The molecule has 0 radical (unpaired) electrons. The number of unbranched alkanes of at least 4 members (excludes halogenated alkanes) is 5. The maximum Gasteiger partial charge on any atom is 0.248 e. The van der Waals surface area contributed by atoms with E-state index in [1.165, 1.54) is 38.5 Å². The van der Waals surface area contributed by atoms with Gasteiger partial charge in [-0.15, -0.1) is 44.3 Å². The molecule has 0 aliphatic rings. The lowest BCUT2D eigenvalue weighted by molar-refractivity contribution is 0.622. The first kappa shape index (κ1) is 17.6. The van der Waals surface area contributed by atoms with Gasteiger partial charge in [0.15, 0.2) is 0 Å². The van der Waals surface area contributed by atoms with E-state index in [4.69, 9.17) is 44.3 Å². The second kappa shape index (κ2) is 8.65. The highest BCUT2D eigenvalue weighted by molar-refractivity contribution is 7.45. The van der Waals surface area contributed by atoms with Gasteiger partial charge in [0.25, 0.3) is 0 Å². The molecule has 0 bridgehead atoms. The van der Waals surface area contributed by atoms with Gasteiger partial charge in [-0.2, -0.15) is 0 Å². The summed E-state index contributed by atoms with van der Waals surface area (Å²) in [4.78, 5) is 0. The SMILES string of the molecule is C[Si](Cl)(Cl)CCCCCCCC[Si](C)(Cl)Cl. The third-order valence-corrected chi connectivity index (χ3v) is 7.21. The Hall–Kier alpha value is 1.59. The van der Waals surface area contributed by atoms with Gasteiger partial charge in [-0.1, -0.05) is 38.5 Å². The number of rotatable bonds is 9. The van der Waals surface area contributed by atoms with E-state index in [1.54, 1.807) is 0 Å². The summed E-state index contributed by atoms with van der Waals surface area (Å²) in [5.41, 5.74) is 0. The molecule has 0 saturated carbocycles. The van der Waals surface area contributed by atoms with E-state index >= 15 is 0 Å². The zero-order valence-electron chi connectivity index (χ0n) is 10.2. The van der Waals surface area contributed by atoms with E-state index < -0.39 is 13.4 Å². The van der Waals surface area contributed by atoms with E-state index in [1.807, 2.05) is 13.1 Å². The molecule has 6 heteroatoms. The van der Waals surface area contributed by atoms with E-state index in [9.17, 15) is 0 Å². The zero-order chi connectivity index (χ0) is 12.7. The Kier molecular flexibility index (Phi) is 9.52. The summed E-state index contributed by atoms with van der Waals surface area (Å²) >= 11 is 24.1. The average molecular weight is 340 g/mol. The lowest BCUT2D eigenvalue weighted by atomic mass is 10.1. The standard InChI is InChI=1S/C10H22Cl4Si2/c1-15(11,12)9-7-5-3-4-6-8-10-16(2,13)14/h3-10H2,1-2H3. The Balaban J connectivity index is 3.17. The first-order valence-corrected chi connectivity index (χ1v) is 15.4. The lowest BCUT2D eigenvalue weighted by Crippen LogP contribution is -2.11. The fraction of sp³-hybridized carbons (Fsp3) is 1.00. The van der Waals surface area contributed by atoms with Crippen LogP contribution >= 0.6 is 44.3 Å². The largest absolute Gasteiger partial charge is 0.248 e. The van der Waals surface area contributed by atoms with Crippen molar-refractivity contribution in [2.24, 2.45) is 0 Å². The molecule has 0 saturated heterocycles. The van der Waals surface area contributed by atoms with Crippen LogP contribution in [0.1, 0.15) is 38.5 Å². The Morgan fingerprint density at radius 2 is 0.812 bits per heavy atom. The van der Waals surface area contributed by atoms with Crippen LogP contribution in [0.15, 0.2) is 0 Å². The minimum Gasteiger partial charge on any atom is -0.146 e. The molecule has 0 spiro atoms. The molecule has 0 aromatic carbocycles. The second-order valence-electron chi connectivity index (χ2n) is 4.76.